The highest BCUT2D eigenvalue weighted by atomic mass is 16.5. The van der Waals surface area contributed by atoms with Crippen LogP contribution < -0.4 is 15.5 Å². The summed E-state index contributed by atoms with van der Waals surface area (Å²) in [4.78, 5) is 14.4. The molecule has 1 unspecified atom stereocenters. The van der Waals surface area contributed by atoms with Crippen LogP contribution in [-0.2, 0) is 16.1 Å². The number of amides is 1. The maximum Gasteiger partial charge on any atom is 0.245 e. The molecule has 1 saturated heterocycles. The topological polar surface area (TPSA) is 53.6 Å². The Kier molecular flexibility index (Phi) is 5.38. The third-order valence-electron chi connectivity index (χ3n) is 3.45. The van der Waals surface area contributed by atoms with E-state index in [1.807, 2.05) is 26.1 Å². The highest BCUT2D eigenvalue weighted by Gasteiger charge is 2.30. The average Bonchev–Trinajstić information content (AvgIpc) is 2.48. The molecule has 0 aromatic heterocycles. The minimum absolute atomic E-state index is 0.0338. The lowest BCUT2D eigenvalue weighted by Gasteiger charge is -2.37. The summed E-state index contributed by atoms with van der Waals surface area (Å²) in [6.07, 6.45) is 0. The fraction of sp³-hybridized carbons (Fsp3) is 0.533. The maximum absolute atomic E-state index is 12.2. The maximum atomic E-state index is 12.2. The van der Waals surface area contributed by atoms with Crippen LogP contribution >= 0.6 is 0 Å². The molecular weight excluding hydrogens is 254 g/mol. The molecule has 1 atom stereocenters. The van der Waals surface area contributed by atoms with Gasteiger partial charge >= 0.3 is 0 Å². The fourth-order valence-corrected chi connectivity index (χ4v) is 2.53. The Bertz CT molecular complexity index is 450. The van der Waals surface area contributed by atoms with E-state index in [-0.39, 0.29) is 11.9 Å². The first-order chi connectivity index (χ1) is 9.77. The van der Waals surface area contributed by atoms with Crippen molar-refractivity contribution in [1.29, 1.82) is 0 Å². The largest absolute Gasteiger partial charge is 0.377 e. The van der Waals surface area contributed by atoms with Gasteiger partial charge in [-0.15, -0.1) is 0 Å². The summed E-state index contributed by atoms with van der Waals surface area (Å²) < 4.78 is 5.48. The number of anilines is 1. The number of hydrogen-bond acceptors (Lipinski definition) is 4. The summed E-state index contributed by atoms with van der Waals surface area (Å²) in [7, 11) is 1.93. The van der Waals surface area contributed by atoms with Gasteiger partial charge in [-0.25, -0.2) is 0 Å². The number of nitrogens with zero attached hydrogens (tertiary/aromatic N) is 1. The predicted octanol–water partition coefficient (Wildman–Crippen LogP) is 0.747. The van der Waals surface area contributed by atoms with Crippen molar-refractivity contribution in [2.75, 3.05) is 38.3 Å². The standard InChI is InChI=1S/C15H23N3O2/c1-3-17-15(19)14-11-20-9-8-18(14)13-7-5-4-6-12(13)10-16-2/h4-7,14,16H,3,8-11H2,1-2H3,(H,17,19). The van der Waals surface area contributed by atoms with Crippen molar-refractivity contribution in [3.05, 3.63) is 29.8 Å². The van der Waals surface area contributed by atoms with Gasteiger partial charge in [0.25, 0.3) is 0 Å². The van der Waals surface area contributed by atoms with Gasteiger partial charge in [0.2, 0.25) is 5.91 Å². The second-order valence-electron chi connectivity index (χ2n) is 4.84. The summed E-state index contributed by atoms with van der Waals surface area (Å²) in [5.41, 5.74) is 2.31. The van der Waals surface area contributed by atoms with Gasteiger partial charge in [0.15, 0.2) is 0 Å². The summed E-state index contributed by atoms with van der Waals surface area (Å²) in [5, 5.41) is 6.06. The number of morpholine rings is 1. The third-order valence-corrected chi connectivity index (χ3v) is 3.45. The predicted molar refractivity (Wildman–Crippen MR) is 79.8 cm³/mol. The van der Waals surface area contributed by atoms with Crippen LogP contribution in [0, 0.1) is 0 Å². The molecule has 2 rings (SSSR count). The zero-order chi connectivity index (χ0) is 14.4. The van der Waals surface area contributed by atoms with Gasteiger partial charge in [0.1, 0.15) is 6.04 Å². The molecule has 0 bridgehead atoms. The van der Waals surface area contributed by atoms with Crippen molar-refractivity contribution in [3.8, 4) is 0 Å². The van der Waals surface area contributed by atoms with Crippen molar-refractivity contribution >= 4 is 11.6 Å². The van der Waals surface area contributed by atoms with Gasteiger partial charge < -0.3 is 20.3 Å². The van der Waals surface area contributed by atoms with Gasteiger partial charge in [0, 0.05) is 25.3 Å². The fourth-order valence-electron chi connectivity index (χ4n) is 2.53. The van der Waals surface area contributed by atoms with Crippen molar-refractivity contribution < 1.29 is 9.53 Å². The SMILES string of the molecule is CCNC(=O)C1COCCN1c1ccccc1CNC. The van der Waals surface area contributed by atoms with E-state index in [0.29, 0.717) is 19.8 Å². The Morgan fingerprint density at radius 3 is 3.00 bits per heavy atom. The van der Waals surface area contributed by atoms with Crippen LogP contribution in [0.5, 0.6) is 0 Å². The van der Waals surface area contributed by atoms with Crippen LogP contribution in [-0.4, -0.2) is 45.3 Å². The first-order valence-corrected chi connectivity index (χ1v) is 7.12. The van der Waals surface area contributed by atoms with Gasteiger partial charge in [-0.2, -0.15) is 0 Å². The molecule has 110 valence electrons. The third kappa shape index (κ3) is 3.29. The second-order valence-corrected chi connectivity index (χ2v) is 4.84. The molecule has 1 fully saturated rings. The first kappa shape index (κ1) is 14.8. The molecule has 1 aliphatic rings. The Hall–Kier alpha value is -1.59. The number of hydrogen-bond donors (Lipinski definition) is 2. The molecule has 1 aliphatic heterocycles. The highest BCUT2D eigenvalue weighted by molar-refractivity contribution is 5.86. The first-order valence-electron chi connectivity index (χ1n) is 7.12. The molecule has 20 heavy (non-hydrogen) atoms. The second kappa shape index (κ2) is 7.26. The van der Waals surface area contributed by atoms with E-state index >= 15 is 0 Å². The number of likely N-dealkylation sites (N-methyl/N-ethyl adjacent to an activating group) is 1. The van der Waals surface area contributed by atoms with Crippen LogP contribution in [0.3, 0.4) is 0 Å². The average molecular weight is 277 g/mol. The normalized spacial score (nSPS) is 18.9. The summed E-state index contributed by atoms with van der Waals surface area (Å²) >= 11 is 0. The van der Waals surface area contributed by atoms with E-state index in [0.717, 1.165) is 18.8 Å². The molecule has 5 heteroatoms. The molecule has 1 aromatic carbocycles. The molecule has 1 aromatic rings. The molecule has 0 spiro atoms. The lowest BCUT2D eigenvalue weighted by Crippen LogP contribution is -2.54. The van der Waals surface area contributed by atoms with Gasteiger partial charge in [0.05, 0.1) is 13.2 Å². The summed E-state index contributed by atoms with van der Waals surface area (Å²) in [6.45, 7) is 5.20. The van der Waals surface area contributed by atoms with Crippen LogP contribution in [0.2, 0.25) is 0 Å². The molecule has 0 radical (unpaired) electrons. The number of nitrogens with one attached hydrogen (secondary N) is 2. The van der Waals surface area contributed by atoms with E-state index in [9.17, 15) is 4.79 Å². The smallest absolute Gasteiger partial charge is 0.245 e. The Balaban J connectivity index is 2.25. The van der Waals surface area contributed by atoms with Crippen molar-refractivity contribution in [2.24, 2.45) is 0 Å². The van der Waals surface area contributed by atoms with E-state index in [4.69, 9.17) is 4.74 Å². The van der Waals surface area contributed by atoms with Gasteiger partial charge in [-0.3, -0.25) is 4.79 Å². The van der Waals surface area contributed by atoms with E-state index < -0.39 is 0 Å². The van der Waals surface area contributed by atoms with Crippen LogP contribution in [0.25, 0.3) is 0 Å². The summed E-state index contributed by atoms with van der Waals surface area (Å²) in [5.74, 6) is 0.0338. The lowest BCUT2D eigenvalue weighted by atomic mass is 10.1. The molecular formula is C15H23N3O2. The van der Waals surface area contributed by atoms with E-state index in [1.165, 1.54) is 5.56 Å². The van der Waals surface area contributed by atoms with Gasteiger partial charge in [-0.1, -0.05) is 18.2 Å². The molecule has 1 heterocycles. The van der Waals surface area contributed by atoms with Crippen molar-refractivity contribution in [1.82, 2.24) is 10.6 Å². The number of rotatable bonds is 5. The molecule has 5 nitrogen and oxygen atoms in total. The Morgan fingerprint density at radius 2 is 2.25 bits per heavy atom. The zero-order valence-corrected chi connectivity index (χ0v) is 12.2. The Morgan fingerprint density at radius 1 is 1.45 bits per heavy atom. The van der Waals surface area contributed by atoms with Crippen molar-refractivity contribution in [2.45, 2.75) is 19.5 Å². The molecule has 1 amide bonds. The number of ether oxygens (including phenoxy) is 1. The van der Waals surface area contributed by atoms with Crippen LogP contribution in [0.15, 0.2) is 24.3 Å². The number of carbonyl (C=O) groups excluding carboxylic acids is 1. The summed E-state index contributed by atoms with van der Waals surface area (Å²) in [6, 6.07) is 7.96. The lowest BCUT2D eigenvalue weighted by molar-refractivity contribution is -0.124. The van der Waals surface area contributed by atoms with Gasteiger partial charge in [-0.05, 0) is 25.6 Å². The number of benzene rings is 1. The highest BCUT2D eigenvalue weighted by Crippen LogP contribution is 2.24. The van der Waals surface area contributed by atoms with E-state index in [1.54, 1.807) is 0 Å². The number of para-hydroxylation sites is 1. The quantitative estimate of drug-likeness (QED) is 0.834. The minimum Gasteiger partial charge on any atom is -0.377 e. The van der Waals surface area contributed by atoms with E-state index in [2.05, 4.69) is 27.7 Å². The van der Waals surface area contributed by atoms with Crippen molar-refractivity contribution in [3.63, 3.8) is 0 Å². The molecule has 0 aliphatic carbocycles. The zero-order valence-electron chi connectivity index (χ0n) is 12.2. The number of carbonyl (C=O) groups is 1. The monoisotopic (exact) mass is 277 g/mol. The Labute approximate surface area is 120 Å². The van der Waals surface area contributed by atoms with Crippen LogP contribution in [0.4, 0.5) is 5.69 Å². The minimum atomic E-state index is -0.248. The molecule has 2 N–H and O–H groups in total. The molecule has 0 saturated carbocycles. The van der Waals surface area contributed by atoms with Crippen LogP contribution in [0.1, 0.15) is 12.5 Å².